The van der Waals surface area contributed by atoms with Gasteiger partial charge in [-0.2, -0.15) is 0 Å². The third-order valence-corrected chi connectivity index (χ3v) is 19.6. The first-order valence-electron chi connectivity index (χ1n) is 22.5. The molecule has 63 heavy (non-hydrogen) atoms. The van der Waals surface area contributed by atoms with Crippen molar-refractivity contribution in [3.05, 3.63) is 170 Å². The minimum Gasteiger partial charge on any atom is -0.309 e. The van der Waals surface area contributed by atoms with Crippen molar-refractivity contribution in [3.8, 4) is 28.2 Å². The van der Waals surface area contributed by atoms with Gasteiger partial charge in [-0.05, 0) is 77.9 Å². The van der Waals surface area contributed by atoms with Crippen LogP contribution in [0.25, 0.3) is 93.6 Å². The van der Waals surface area contributed by atoms with Gasteiger partial charge in [-0.1, -0.05) is 178 Å². The third-order valence-electron chi connectivity index (χ3n) is 13.5. The van der Waals surface area contributed by atoms with Crippen LogP contribution in [0.5, 0.6) is 0 Å². The Kier molecular flexibility index (Phi) is 8.91. The number of nitrogens with zero attached hydrogens (tertiary/aromatic N) is 3. The maximum Gasteiger partial charge on any atom is 0.0776 e. The van der Waals surface area contributed by atoms with Gasteiger partial charge in [-0.25, -0.2) is 0 Å². The fourth-order valence-corrected chi connectivity index (χ4v) is 13.5. The van der Waals surface area contributed by atoms with Gasteiger partial charge in [-0.3, -0.25) is 0 Å². The molecule has 0 aliphatic heterocycles. The zero-order chi connectivity index (χ0) is 43.6. The van der Waals surface area contributed by atoms with Crippen LogP contribution in [0.15, 0.2) is 170 Å². The molecule has 3 heterocycles. The average Bonchev–Trinajstić information content (AvgIpc) is 3.90. The summed E-state index contributed by atoms with van der Waals surface area (Å²) in [5.74, 6) is 0. The summed E-state index contributed by atoms with van der Waals surface area (Å²) < 4.78 is 7.55. The second-order valence-corrected chi connectivity index (χ2v) is 36.0. The van der Waals surface area contributed by atoms with Gasteiger partial charge in [0, 0.05) is 49.4 Å². The highest BCUT2D eigenvalue weighted by molar-refractivity contribution is 6.89. The fourth-order valence-electron chi connectivity index (χ4n) is 9.99. The summed E-state index contributed by atoms with van der Waals surface area (Å²) in [6, 6.07) is 65.1. The zero-order valence-electron chi connectivity index (χ0n) is 38.0. The second-order valence-electron chi connectivity index (χ2n) is 20.8. The van der Waals surface area contributed by atoms with E-state index >= 15 is 0 Å². The fraction of sp³-hybridized carbons (Fsp3) is 0.158. The van der Waals surface area contributed by atoms with Crippen LogP contribution < -0.4 is 15.6 Å². The summed E-state index contributed by atoms with van der Waals surface area (Å²) in [7, 11) is -4.76. The Balaban J connectivity index is 1.21. The number of para-hydroxylation sites is 3. The number of hydrogen-bond acceptors (Lipinski definition) is 0. The van der Waals surface area contributed by atoms with Gasteiger partial charge < -0.3 is 13.7 Å². The first-order valence-corrected chi connectivity index (χ1v) is 33.0. The lowest BCUT2D eigenvalue weighted by molar-refractivity contribution is 1.13. The number of hydrogen-bond donors (Lipinski definition) is 0. The molecular weight excluding hydrogens is 811 g/mol. The highest BCUT2D eigenvalue weighted by Crippen LogP contribution is 2.39. The lowest BCUT2D eigenvalue weighted by Crippen LogP contribution is -2.37. The third kappa shape index (κ3) is 6.49. The van der Waals surface area contributed by atoms with Gasteiger partial charge in [0.2, 0.25) is 0 Å². The maximum absolute atomic E-state index is 2.53. The molecule has 310 valence electrons. The molecule has 0 aliphatic rings. The topological polar surface area (TPSA) is 14.8 Å². The van der Waals surface area contributed by atoms with Crippen LogP contribution in [-0.2, 0) is 0 Å². The molecule has 3 nitrogen and oxygen atoms in total. The van der Waals surface area contributed by atoms with Crippen molar-refractivity contribution < 1.29 is 0 Å². The van der Waals surface area contributed by atoms with Crippen LogP contribution in [-0.4, -0.2) is 37.9 Å². The lowest BCUT2D eigenvalue weighted by atomic mass is 10.0. The Bertz CT molecular complexity index is 3640. The van der Waals surface area contributed by atoms with E-state index in [-0.39, 0.29) is 0 Å². The number of aromatic nitrogens is 3. The Morgan fingerprint density at radius 3 is 1.14 bits per heavy atom. The molecule has 0 saturated carbocycles. The molecule has 8 aromatic carbocycles. The average molecular weight is 866 g/mol. The van der Waals surface area contributed by atoms with E-state index in [1.54, 1.807) is 0 Å². The molecule has 6 heteroatoms. The van der Waals surface area contributed by atoms with Crippen LogP contribution in [0, 0.1) is 0 Å². The van der Waals surface area contributed by atoms with E-state index in [2.05, 4.69) is 242 Å². The second kappa shape index (κ2) is 14.2. The van der Waals surface area contributed by atoms with Crippen molar-refractivity contribution in [1.82, 2.24) is 13.7 Å². The SMILES string of the molecule is C[Si](C)(C)c1ccc2c(c1)c1ccccc1n2-c1cc(-c2cccc(-n3c4ccccc4c4ccc([Si](C)(C)C)cc43)c2)cc(-n2c3ccccc3c3ccc([Si](C)(C)C)cc32)c1. The summed E-state index contributed by atoms with van der Waals surface area (Å²) >= 11 is 0. The van der Waals surface area contributed by atoms with E-state index in [0.717, 1.165) is 11.4 Å². The zero-order valence-corrected chi connectivity index (χ0v) is 41.0. The summed E-state index contributed by atoms with van der Waals surface area (Å²) in [5, 5.41) is 12.2. The minimum atomic E-state index is -1.62. The Hall–Kier alpha value is -6.19. The lowest BCUT2D eigenvalue weighted by Gasteiger charge is -2.19. The van der Waals surface area contributed by atoms with Crippen molar-refractivity contribution >= 4 is 105 Å². The smallest absolute Gasteiger partial charge is 0.0776 e. The van der Waals surface area contributed by atoms with Gasteiger partial charge in [0.15, 0.2) is 0 Å². The molecule has 0 aliphatic carbocycles. The molecule has 0 atom stereocenters. The molecule has 0 saturated heterocycles. The Morgan fingerprint density at radius 2 is 0.635 bits per heavy atom. The van der Waals surface area contributed by atoms with Gasteiger partial charge in [-0.15, -0.1) is 0 Å². The Labute approximate surface area is 373 Å². The van der Waals surface area contributed by atoms with E-state index in [4.69, 9.17) is 0 Å². The number of fused-ring (bicyclic) bond motifs is 9. The molecule has 11 rings (SSSR count). The molecule has 0 fully saturated rings. The molecule has 0 N–H and O–H groups in total. The monoisotopic (exact) mass is 865 g/mol. The van der Waals surface area contributed by atoms with Crippen molar-refractivity contribution in [3.63, 3.8) is 0 Å². The van der Waals surface area contributed by atoms with Crippen LogP contribution in [0.2, 0.25) is 58.9 Å². The van der Waals surface area contributed by atoms with Gasteiger partial charge in [0.1, 0.15) is 0 Å². The van der Waals surface area contributed by atoms with Crippen LogP contribution >= 0.6 is 0 Å². The van der Waals surface area contributed by atoms with Crippen LogP contribution in [0.1, 0.15) is 0 Å². The predicted molar refractivity (Wildman–Crippen MR) is 284 cm³/mol. The molecule has 11 aromatic rings. The quantitative estimate of drug-likeness (QED) is 0.142. The summed E-state index contributed by atoms with van der Waals surface area (Å²) in [6.07, 6.45) is 0. The summed E-state index contributed by atoms with van der Waals surface area (Å²) in [6.45, 7) is 22.0. The largest absolute Gasteiger partial charge is 0.309 e. The van der Waals surface area contributed by atoms with Gasteiger partial charge >= 0.3 is 0 Å². The van der Waals surface area contributed by atoms with Crippen molar-refractivity contribution in [2.24, 2.45) is 0 Å². The molecule has 0 amide bonds. The van der Waals surface area contributed by atoms with E-state index in [1.165, 1.54) is 97.8 Å². The van der Waals surface area contributed by atoms with E-state index in [1.807, 2.05) is 0 Å². The summed E-state index contributed by atoms with van der Waals surface area (Å²) in [4.78, 5) is 0. The molecule has 3 aromatic heterocycles. The number of benzene rings is 8. The van der Waals surface area contributed by atoms with Crippen molar-refractivity contribution in [1.29, 1.82) is 0 Å². The predicted octanol–water partition coefficient (Wildman–Crippen LogP) is 14.3. The van der Waals surface area contributed by atoms with Crippen molar-refractivity contribution in [2.45, 2.75) is 58.9 Å². The molecular formula is C57H55N3Si3. The standard InChI is InChI=1S/C57H55N3Si3/c1-61(2,3)43-27-30-55-51(35-43)48-21-12-15-24-54(48)59(55)41-32-39(33-42(34-41)60-53-23-14-11-20-47(53)50-29-26-45(37-57(50)60)63(7,8)9)38-17-16-18-40(31-38)58-52-22-13-10-19-46(52)49-28-25-44(36-56(49)58)62(4,5)6/h10-37H,1-9H3. The molecule has 0 unspecified atom stereocenters. The molecule has 0 radical (unpaired) electrons. The highest BCUT2D eigenvalue weighted by atomic mass is 28.3. The van der Waals surface area contributed by atoms with E-state index in [9.17, 15) is 0 Å². The van der Waals surface area contributed by atoms with Gasteiger partial charge in [0.25, 0.3) is 0 Å². The molecule has 0 spiro atoms. The normalized spacial score (nSPS) is 12.8. The first-order chi connectivity index (χ1) is 30.1. The van der Waals surface area contributed by atoms with Crippen LogP contribution in [0.4, 0.5) is 0 Å². The van der Waals surface area contributed by atoms with E-state index < -0.39 is 24.2 Å². The highest BCUT2D eigenvalue weighted by Gasteiger charge is 2.24. The van der Waals surface area contributed by atoms with E-state index in [0.29, 0.717) is 0 Å². The summed E-state index contributed by atoms with van der Waals surface area (Å²) in [5.41, 5.74) is 13.3. The van der Waals surface area contributed by atoms with Crippen molar-refractivity contribution in [2.75, 3.05) is 0 Å². The first kappa shape index (κ1) is 39.6. The Morgan fingerprint density at radius 1 is 0.254 bits per heavy atom. The minimum absolute atomic E-state index is 1.16. The van der Waals surface area contributed by atoms with Gasteiger partial charge in [0.05, 0.1) is 57.3 Å². The van der Waals surface area contributed by atoms with Crippen LogP contribution in [0.3, 0.4) is 0 Å². The molecule has 0 bridgehead atoms. The number of rotatable bonds is 7. The maximum atomic E-state index is 2.53.